The molecule has 2 fully saturated rings. The number of esters is 1. The number of hydrogen-bond acceptors (Lipinski definition) is 10. The molecule has 3 aromatic rings. The van der Waals surface area contributed by atoms with Crippen LogP contribution in [0.3, 0.4) is 0 Å². The number of fused-ring (bicyclic) bond motifs is 1. The van der Waals surface area contributed by atoms with Crippen LogP contribution in [0.25, 0.3) is 0 Å². The van der Waals surface area contributed by atoms with Crippen LogP contribution in [0.4, 0.5) is 0 Å². The zero-order valence-corrected chi connectivity index (χ0v) is 22.4. The van der Waals surface area contributed by atoms with Gasteiger partial charge in [-0.2, -0.15) is 0 Å². The summed E-state index contributed by atoms with van der Waals surface area (Å²) >= 11 is 2.67. The van der Waals surface area contributed by atoms with Crippen LogP contribution in [0.15, 0.2) is 59.8 Å². The molecule has 2 amide bonds. The predicted molar refractivity (Wildman–Crippen MR) is 141 cm³/mol. The molecule has 3 atom stereocenters. The van der Waals surface area contributed by atoms with Gasteiger partial charge in [-0.25, -0.2) is 9.48 Å². The van der Waals surface area contributed by atoms with Crippen molar-refractivity contribution in [3.05, 3.63) is 71.3 Å². The molecule has 202 valence electrons. The number of carboxylic acid groups (broad SMARTS) is 1. The number of thioether (sulfide) groups is 2. The average molecular weight is 569 g/mol. The van der Waals surface area contributed by atoms with Crippen molar-refractivity contribution in [2.75, 3.05) is 18.1 Å². The van der Waals surface area contributed by atoms with Crippen molar-refractivity contribution in [2.45, 2.75) is 23.2 Å². The number of amides is 2. The molecule has 2 aromatic carbocycles. The molecule has 2 unspecified atom stereocenters. The molecule has 2 saturated heterocycles. The lowest BCUT2D eigenvalue weighted by atomic mass is 9.89. The van der Waals surface area contributed by atoms with Crippen LogP contribution in [-0.2, 0) is 28.0 Å². The number of nitrogens with zero attached hydrogens (tertiary/aromatic N) is 5. The number of carbonyl (C=O) groups excluding carboxylic acids is 3. The zero-order valence-electron chi connectivity index (χ0n) is 20.7. The van der Waals surface area contributed by atoms with E-state index in [1.54, 1.807) is 18.0 Å². The molecule has 3 heterocycles. The lowest BCUT2D eigenvalue weighted by Crippen LogP contribution is -2.74. The number of nitrogens with one attached hydrogen (secondary N) is 1. The lowest BCUT2D eigenvalue weighted by molar-refractivity contribution is -0.161. The monoisotopic (exact) mass is 568 g/mol. The van der Waals surface area contributed by atoms with Gasteiger partial charge in [0.1, 0.15) is 23.4 Å². The Labute approximate surface area is 231 Å². The molecule has 0 saturated carbocycles. The van der Waals surface area contributed by atoms with Gasteiger partial charge in [-0.3, -0.25) is 14.4 Å². The molecule has 1 aromatic heterocycles. The summed E-state index contributed by atoms with van der Waals surface area (Å²) in [5.74, 6) is -2.04. The molecule has 2 aliphatic rings. The molecule has 12 nitrogen and oxygen atoms in total. The minimum absolute atomic E-state index is 0.0235. The van der Waals surface area contributed by atoms with Crippen LogP contribution in [0, 0.1) is 5.41 Å². The third kappa shape index (κ3) is 5.34. The first-order valence-corrected chi connectivity index (χ1v) is 13.9. The van der Waals surface area contributed by atoms with Gasteiger partial charge in [0.2, 0.25) is 11.1 Å². The molecular formula is C25H24N6O6S2. The molecule has 39 heavy (non-hydrogen) atoms. The van der Waals surface area contributed by atoms with Crippen LogP contribution in [0.5, 0.6) is 0 Å². The van der Waals surface area contributed by atoms with Gasteiger partial charge in [0.25, 0.3) is 5.91 Å². The highest BCUT2D eigenvalue weighted by atomic mass is 32.2. The fourth-order valence-corrected chi connectivity index (χ4v) is 7.11. The van der Waals surface area contributed by atoms with Crippen molar-refractivity contribution >= 4 is 47.3 Å². The summed E-state index contributed by atoms with van der Waals surface area (Å²) in [6, 6.07) is 14.3. The van der Waals surface area contributed by atoms with Gasteiger partial charge < -0.3 is 20.1 Å². The second kappa shape index (κ2) is 11.1. The third-order valence-electron chi connectivity index (χ3n) is 6.54. The number of β-lactam (4-membered cyclic amide) rings is 1. The second-order valence-corrected chi connectivity index (χ2v) is 11.2. The van der Waals surface area contributed by atoms with Gasteiger partial charge in [-0.05, 0) is 28.1 Å². The van der Waals surface area contributed by atoms with E-state index >= 15 is 0 Å². The summed E-state index contributed by atoms with van der Waals surface area (Å²) in [4.78, 5) is 52.6. The number of carbonyl (C=O) groups is 4. The number of ether oxygens (including phenoxy) is 1. The smallest absolute Gasteiger partial charge is 0.336 e. The standard InChI is InChI=1S/C25H24N6O6S2/c1-30-24(27-28-29-30)39-14-25(23(36)37-11-15-7-3-2-4-8-15)12-31-20(33)18(21(31)38-13-25)26-19(32)16-9-5-6-10-17(16)22(34)35/h2-10,18,21H,11-14H2,1H3,(H,26,32)(H,34,35)/t18?,21-,25?/m1/s1. The Kier molecular flexibility index (Phi) is 7.57. The van der Waals surface area contributed by atoms with Gasteiger partial charge in [0.15, 0.2) is 0 Å². The van der Waals surface area contributed by atoms with Crippen molar-refractivity contribution in [2.24, 2.45) is 12.5 Å². The fourth-order valence-electron chi connectivity index (χ4n) is 4.41. The van der Waals surface area contributed by atoms with Crippen molar-refractivity contribution in [1.82, 2.24) is 30.4 Å². The van der Waals surface area contributed by atoms with E-state index < -0.39 is 34.7 Å². The topological polar surface area (TPSA) is 157 Å². The third-order valence-corrected chi connectivity index (χ3v) is 9.43. The SMILES string of the molecule is Cn1nnnc1SCC1(C(=O)OCc2ccccc2)CS[C@@H]2C(NC(=O)c3ccccc3C(=O)O)C(=O)N2C1. The largest absolute Gasteiger partial charge is 0.478 e. The van der Waals surface area contributed by atoms with Crippen LogP contribution in [0.2, 0.25) is 0 Å². The number of tetrazole rings is 1. The minimum Gasteiger partial charge on any atom is -0.478 e. The van der Waals surface area contributed by atoms with Crippen LogP contribution in [0.1, 0.15) is 26.3 Å². The van der Waals surface area contributed by atoms with Crippen LogP contribution in [-0.4, -0.2) is 83.4 Å². The number of carboxylic acids is 1. The molecular weight excluding hydrogens is 544 g/mol. The first-order chi connectivity index (χ1) is 18.8. The molecule has 5 rings (SSSR count). The first kappa shape index (κ1) is 26.7. The summed E-state index contributed by atoms with van der Waals surface area (Å²) in [5.41, 5.74) is -0.362. The number of rotatable bonds is 9. The maximum Gasteiger partial charge on any atom is 0.336 e. The molecule has 2 aliphatic heterocycles. The Bertz CT molecular complexity index is 1420. The Hall–Kier alpha value is -3.91. The number of hydrogen-bond donors (Lipinski definition) is 2. The van der Waals surface area contributed by atoms with E-state index in [0.29, 0.717) is 10.9 Å². The molecule has 2 N–H and O–H groups in total. The molecule has 0 radical (unpaired) electrons. The summed E-state index contributed by atoms with van der Waals surface area (Å²) in [6.07, 6.45) is 0. The van der Waals surface area contributed by atoms with Gasteiger partial charge >= 0.3 is 11.9 Å². The maximum atomic E-state index is 13.5. The molecule has 0 bridgehead atoms. The first-order valence-electron chi connectivity index (χ1n) is 11.9. The molecule has 14 heteroatoms. The Morgan fingerprint density at radius 1 is 1.15 bits per heavy atom. The van der Waals surface area contributed by atoms with E-state index in [2.05, 4.69) is 20.8 Å². The van der Waals surface area contributed by atoms with Gasteiger partial charge in [0, 0.05) is 25.1 Å². The number of aromatic carboxylic acids is 1. The average Bonchev–Trinajstić information content (AvgIpc) is 3.38. The lowest BCUT2D eigenvalue weighted by Gasteiger charge is -2.54. The van der Waals surface area contributed by atoms with Gasteiger partial charge in [0.05, 0.1) is 11.1 Å². The summed E-state index contributed by atoms with van der Waals surface area (Å²) in [6.45, 7) is 0.203. The summed E-state index contributed by atoms with van der Waals surface area (Å²) < 4.78 is 7.21. The van der Waals surface area contributed by atoms with Gasteiger partial charge in [-0.15, -0.1) is 16.9 Å². The normalized spacial score (nSPS) is 22.0. The number of benzene rings is 2. The number of aromatic nitrogens is 4. The van der Waals surface area contributed by atoms with E-state index in [0.717, 1.165) is 5.56 Å². The van der Waals surface area contributed by atoms with E-state index in [9.17, 15) is 24.3 Å². The Morgan fingerprint density at radius 3 is 2.56 bits per heavy atom. The molecule has 0 aliphatic carbocycles. The summed E-state index contributed by atoms with van der Waals surface area (Å²) in [5, 5.41) is 23.6. The van der Waals surface area contributed by atoms with Gasteiger partial charge in [-0.1, -0.05) is 54.2 Å². The summed E-state index contributed by atoms with van der Waals surface area (Å²) in [7, 11) is 1.70. The van der Waals surface area contributed by atoms with Crippen molar-refractivity contribution in [1.29, 1.82) is 0 Å². The zero-order chi connectivity index (χ0) is 27.6. The number of aryl methyl sites for hydroxylation is 1. The van der Waals surface area contributed by atoms with Crippen LogP contribution < -0.4 is 5.32 Å². The highest BCUT2D eigenvalue weighted by Crippen LogP contribution is 2.45. The van der Waals surface area contributed by atoms with Crippen molar-refractivity contribution in [3.63, 3.8) is 0 Å². The van der Waals surface area contributed by atoms with Crippen molar-refractivity contribution < 1.29 is 29.0 Å². The minimum atomic E-state index is -1.23. The maximum absolute atomic E-state index is 13.5. The molecule has 0 spiro atoms. The van der Waals surface area contributed by atoms with Crippen molar-refractivity contribution in [3.8, 4) is 0 Å². The Morgan fingerprint density at radius 2 is 1.87 bits per heavy atom. The van der Waals surface area contributed by atoms with E-state index in [-0.39, 0.29) is 35.9 Å². The van der Waals surface area contributed by atoms with E-state index in [1.807, 2.05) is 30.3 Å². The van der Waals surface area contributed by atoms with E-state index in [1.165, 1.54) is 46.4 Å². The quantitative estimate of drug-likeness (QED) is 0.219. The fraction of sp³-hybridized carbons (Fsp3) is 0.320. The van der Waals surface area contributed by atoms with Crippen LogP contribution >= 0.6 is 23.5 Å². The van der Waals surface area contributed by atoms with E-state index in [4.69, 9.17) is 4.74 Å². The second-order valence-electron chi connectivity index (χ2n) is 9.19. The Balaban J connectivity index is 1.30. The highest BCUT2D eigenvalue weighted by Gasteiger charge is 2.58. The highest BCUT2D eigenvalue weighted by molar-refractivity contribution is 8.00. The predicted octanol–water partition coefficient (Wildman–Crippen LogP) is 1.44.